The summed E-state index contributed by atoms with van der Waals surface area (Å²) in [6.07, 6.45) is 0. The SMILES string of the molecule is C=NC(=Nc1ccc(N2CCN(C)CC2)nn1)N/C(=C(\C)F)c1ccc2nn(C)c(C(C)C)c2c1. The molecule has 0 aliphatic carbocycles. The van der Waals surface area contributed by atoms with Crippen LogP contribution < -0.4 is 10.2 Å². The van der Waals surface area contributed by atoms with Crippen LogP contribution in [0.25, 0.3) is 16.6 Å². The van der Waals surface area contributed by atoms with Gasteiger partial charge in [-0.05, 0) is 50.9 Å². The van der Waals surface area contributed by atoms with Crippen LogP contribution in [0.3, 0.4) is 0 Å². The van der Waals surface area contributed by atoms with Crippen LogP contribution in [0.2, 0.25) is 0 Å². The van der Waals surface area contributed by atoms with E-state index in [1.807, 2.05) is 36.0 Å². The standard InChI is InChI=1S/C25H32FN9/c1-16(2)24-19-15-18(7-8-20(19)32-34(24)6)23(17(3)26)29-25(27-4)28-21-9-10-22(31-30-21)35-13-11-33(5)12-14-35/h7-10,15-16H,4,11-14H2,1-3,5-6H3,(H,28,29,30)/b23-17+. The van der Waals surface area contributed by atoms with E-state index in [0.29, 0.717) is 11.4 Å². The van der Waals surface area contributed by atoms with Crippen LogP contribution in [0.4, 0.5) is 16.0 Å². The molecule has 1 aromatic carbocycles. The summed E-state index contributed by atoms with van der Waals surface area (Å²) in [5, 5.41) is 17.1. The molecule has 1 aliphatic rings. The van der Waals surface area contributed by atoms with Gasteiger partial charge >= 0.3 is 0 Å². The third-order valence-electron chi connectivity index (χ3n) is 6.13. The van der Waals surface area contributed by atoms with Crippen molar-refractivity contribution in [3.8, 4) is 0 Å². The van der Waals surface area contributed by atoms with Crippen molar-refractivity contribution in [2.75, 3.05) is 38.1 Å². The Kier molecular flexibility index (Phi) is 7.20. The molecular weight excluding hydrogens is 445 g/mol. The Morgan fingerprint density at radius 2 is 1.83 bits per heavy atom. The molecule has 10 heteroatoms. The monoisotopic (exact) mass is 477 g/mol. The van der Waals surface area contributed by atoms with Gasteiger partial charge in [0.05, 0.1) is 11.2 Å². The van der Waals surface area contributed by atoms with E-state index in [1.165, 1.54) is 6.92 Å². The molecule has 1 fully saturated rings. The summed E-state index contributed by atoms with van der Waals surface area (Å²) in [6.45, 7) is 13.0. The van der Waals surface area contributed by atoms with E-state index in [9.17, 15) is 4.39 Å². The third kappa shape index (κ3) is 5.37. The van der Waals surface area contributed by atoms with Gasteiger partial charge in [-0.1, -0.05) is 19.9 Å². The van der Waals surface area contributed by atoms with Crippen LogP contribution >= 0.6 is 0 Å². The second-order valence-corrected chi connectivity index (χ2v) is 9.06. The molecule has 0 atom stereocenters. The minimum Gasteiger partial charge on any atom is -0.353 e. The van der Waals surface area contributed by atoms with E-state index >= 15 is 0 Å². The molecule has 4 rings (SSSR count). The number of nitrogens with zero attached hydrogens (tertiary/aromatic N) is 8. The first kappa shape index (κ1) is 24.5. The fraction of sp³-hybridized carbons (Fsp3) is 0.400. The largest absolute Gasteiger partial charge is 0.353 e. The number of hydrogen-bond acceptors (Lipinski definition) is 6. The molecule has 3 aromatic rings. The maximum atomic E-state index is 14.7. The van der Waals surface area contributed by atoms with Gasteiger partial charge in [-0.15, -0.1) is 10.2 Å². The van der Waals surface area contributed by atoms with Crippen LogP contribution in [-0.4, -0.2) is 70.8 Å². The van der Waals surface area contributed by atoms with Gasteiger partial charge in [0, 0.05) is 49.9 Å². The summed E-state index contributed by atoms with van der Waals surface area (Å²) in [5.41, 5.74) is 2.88. The molecule has 0 amide bonds. The fourth-order valence-corrected chi connectivity index (χ4v) is 4.32. The summed E-state index contributed by atoms with van der Waals surface area (Å²) in [5.74, 6) is 1.18. The second-order valence-electron chi connectivity index (χ2n) is 9.06. The lowest BCUT2D eigenvalue weighted by Gasteiger charge is -2.32. The number of allylic oxidation sites excluding steroid dienone is 1. The predicted octanol–water partition coefficient (Wildman–Crippen LogP) is 3.87. The van der Waals surface area contributed by atoms with Crippen molar-refractivity contribution in [1.29, 1.82) is 0 Å². The molecule has 1 N–H and O–H groups in total. The molecule has 1 saturated heterocycles. The Morgan fingerprint density at radius 3 is 2.43 bits per heavy atom. The number of halogens is 1. The van der Waals surface area contributed by atoms with Gasteiger partial charge < -0.3 is 15.1 Å². The number of hydrogen-bond donors (Lipinski definition) is 1. The molecule has 0 radical (unpaired) electrons. The van der Waals surface area contributed by atoms with E-state index in [-0.39, 0.29) is 17.6 Å². The highest BCUT2D eigenvalue weighted by Gasteiger charge is 2.17. The van der Waals surface area contributed by atoms with Gasteiger partial charge in [-0.3, -0.25) is 4.68 Å². The van der Waals surface area contributed by atoms with Crippen molar-refractivity contribution in [2.24, 2.45) is 17.0 Å². The van der Waals surface area contributed by atoms with Crippen molar-refractivity contribution in [3.63, 3.8) is 0 Å². The van der Waals surface area contributed by atoms with Crippen molar-refractivity contribution >= 4 is 40.9 Å². The molecule has 9 nitrogen and oxygen atoms in total. The normalized spacial score (nSPS) is 16.1. The second kappa shape index (κ2) is 10.3. The lowest BCUT2D eigenvalue weighted by atomic mass is 10.0. The van der Waals surface area contributed by atoms with Gasteiger partial charge in [-0.25, -0.2) is 9.38 Å². The quantitative estimate of drug-likeness (QED) is 0.443. The molecule has 2 aromatic heterocycles. The molecule has 3 heterocycles. The van der Waals surface area contributed by atoms with Crippen molar-refractivity contribution in [3.05, 3.63) is 47.4 Å². The number of rotatable bonds is 5. The zero-order valence-electron chi connectivity index (χ0n) is 21.0. The Labute approximate surface area is 205 Å². The van der Waals surface area contributed by atoms with Gasteiger partial charge in [0.15, 0.2) is 11.6 Å². The van der Waals surface area contributed by atoms with Crippen LogP contribution in [0, 0.1) is 0 Å². The number of aryl methyl sites for hydroxylation is 1. The van der Waals surface area contributed by atoms with Crippen molar-refractivity contribution in [2.45, 2.75) is 26.7 Å². The number of guanidine groups is 1. The minimum absolute atomic E-state index is 0.133. The Balaban J connectivity index is 1.58. The number of aromatic nitrogens is 4. The molecule has 1 aliphatic heterocycles. The van der Waals surface area contributed by atoms with Gasteiger partial charge in [0.1, 0.15) is 5.83 Å². The summed E-state index contributed by atoms with van der Waals surface area (Å²) >= 11 is 0. The number of piperazine rings is 1. The zero-order valence-corrected chi connectivity index (χ0v) is 21.0. The number of anilines is 1. The average molecular weight is 478 g/mol. The van der Waals surface area contributed by atoms with Crippen LogP contribution in [-0.2, 0) is 7.05 Å². The van der Waals surface area contributed by atoms with E-state index in [4.69, 9.17) is 0 Å². The molecule has 0 saturated carbocycles. The summed E-state index contributed by atoms with van der Waals surface area (Å²) in [7, 11) is 4.03. The maximum absolute atomic E-state index is 14.7. The lowest BCUT2D eigenvalue weighted by molar-refractivity contribution is 0.312. The smallest absolute Gasteiger partial charge is 0.228 e. The first-order valence-corrected chi connectivity index (χ1v) is 11.7. The first-order valence-electron chi connectivity index (χ1n) is 11.7. The minimum atomic E-state index is -0.396. The molecule has 0 unspecified atom stereocenters. The zero-order chi connectivity index (χ0) is 25.1. The van der Waals surface area contributed by atoms with Gasteiger partial charge in [0.2, 0.25) is 5.96 Å². The predicted molar refractivity (Wildman–Crippen MR) is 140 cm³/mol. The number of fused-ring (bicyclic) bond motifs is 1. The number of benzene rings is 1. The Morgan fingerprint density at radius 1 is 1.09 bits per heavy atom. The van der Waals surface area contributed by atoms with Gasteiger partial charge in [-0.2, -0.15) is 10.1 Å². The van der Waals surface area contributed by atoms with E-state index in [2.05, 4.69) is 68.0 Å². The van der Waals surface area contributed by atoms with Crippen LogP contribution in [0.15, 0.2) is 46.1 Å². The number of aliphatic imine (C=N–C) groups is 2. The van der Waals surface area contributed by atoms with Crippen LogP contribution in [0.1, 0.15) is 37.9 Å². The highest BCUT2D eigenvalue weighted by molar-refractivity contribution is 5.95. The average Bonchev–Trinajstić information content (AvgIpc) is 3.17. The van der Waals surface area contributed by atoms with Crippen molar-refractivity contribution in [1.82, 2.24) is 30.2 Å². The Bertz CT molecular complexity index is 1260. The van der Waals surface area contributed by atoms with Crippen LogP contribution in [0.5, 0.6) is 0 Å². The number of likely N-dealkylation sites (N-methyl/N-ethyl adjacent to an activating group) is 1. The molecule has 35 heavy (non-hydrogen) atoms. The first-order chi connectivity index (χ1) is 16.8. The molecule has 0 bridgehead atoms. The van der Waals surface area contributed by atoms with Crippen molar-refractivity contribution < 1.29 is 4.39 Å². The fourth-order valence-electron chi connectivity index (χ4n) is 4.32. The Hall–Kier alpha value is -3.66. The number of nitrogens with one attached hydrogen (secondary N) is 1. The summed E-state index contributed by atoms with van der Waals surface area (Å²) in [4.78, 5) is 12.8. The van der Waals surface area contributed by atoms with E-state index in [0.717, 1.165) is 48.6 Å². The van der Waals surface area contributed by atoms with E-state index < -0.39 is 5.83 Å². The summed E-state index contributed by atoms with van der Waals surface area (Å²) in [6, 6.07) is 9.32. The molecule has 184 valence electrons. The van der Waals surface area contributed by atoms with E-state index in [1.54, 1.807) is 6.07 Å². The maximum Gasteiger partial charge on any atom is 0.228 e. The van der Waals surface area contributed by atoms with Gasteiger partial charge in [0.25, 0.3) is 0 Å². The lowest BCUT2D eigenvalue weighted by Crippen LogP contribution is -2.44. The summed E-state index contributed by atoms with van der Waals surface area (Å²) < 4.78 is 16.6. The highest BCUT2D eigenvalue weighted by Crippen LogP contribution is 2.28. The highest BCUT2D eigenvalue weighted by atomic mass is 19.1. The third-order valence-corrected chi connectivity index (χ3v) is 6.13. The molecular formula is C25H32FN9. The molecule has 0 spiro atoms. The topological polar surface area (TPSA) is 86.8 Å².